The second kappa shape index (κ2) is 2.67. The Morgan fingerprint density at radius 1 is 1.50 bits per heavy atom. The van der Waals surface area contributed by atoms with Crippen molar-refractivity contribution in [2.24, 2.45) is 5.41 Å². The Kier molecular flexibility index (Phi) is 1.79. The zero-order valence-electron chi connectivity index (χ0n) is 8.04. The van der Waals surface area contributed by atoms with Crippen LogP contribution in [0.25, 0.3) is 0 Å². The summed E-state index contributed by atoms with van der Waals surface area (Å²) >= 11 is 0. The van der Waals surface area contributed by atoms with Crippen LogP contribution >= 0.6 is 0 Å². The minimum atomic E-state index is -1.41. The van der Waals surface area contributed by atoms with Crippen LogP contribution in [0.2, 0.25) is 0 Å². The first-order valence-electron chi connectivity index (χ1n) is 4.55. The Balaban J connectivity index is 2.53. The van der Waals surface area contributed by atoms with Gasteiger partial charge in [0.1, 0.15) is 6.61 Å². The molecule has 76 valence electrons. The predicted molar refractivity (Wildman–Crippen MR) is 47.6 cm³/mol. The molecule has 0 aromatic carbocycles. The highest BCUT2D eigenvalue weighted by atomic mass is 16.6. The lowest BCUT2D eigenvalue weighted by molar-refractivity contribution is -0.161. The molecule has 2 aliphatic rings. The van der Waals surface area contributed by atoms with E-state index in [9.17, 15) is 9.59 Å². The second-order valence-electron chi connectivity index (χ2n) is 3.90. The van der Waals surface area contributed by atoms with E-state index >= 15 is 0 Å². The average molecular weight is 196 g/mol. The smallest absolute Gasteiger partial charge is 0.347 e. The van der Waals surface area contributed by atoms with Crippen molar-refractivity contribution in [1.82, 2.24) is 0 Å². The van der Waals surface area contributed by atoms with E-state index in [4.69, 9.17) is 9.47 Å². The topological polar surface area (TPSA) is 52.6 Å². The Morgan fingerprint density at radius 2 is 2.21 bits per heavy atom. The van der Waals surface area contributed by atoms with Crippen molar-refractivity contribution >= 4 is 11.8 Å². The van der Waals surface area contributed by atoms with E-state index in [-0.39, 0.29) is 25.4 Å². The van der Waals surface area contributed by atoms with Crippen molar-refractivity contribution in [2.45, 2.75) is 18.9 Å². The summed E-state index contributed by atoms with van der Waals surface area (Å²) in [7, 11) is 0. The van der Waals surface area contributed by atoms with Gasteiger partial charge in [0.25, 0.3) is 0 Å². The minimum absolute atomic E-state index is 0.168. The van der Waals surface area contributed by atoms with Gasteiger partial charge in [-0.15, -0.1) is 6.58 Å². The third kappa shape index (κ3) is 0.817. The molecule has 0 radical (unpaired) electrons. The van der Waals surface area contributed by atoms with Gasteiger partial charge in [0.15, 0.2) is 5.78 Å². The highest BCUT2D eigenvalue weighted by Gasteiger charge is 2.66. The summed E-state index contributed by atoms with van der Waals surface area (Å²) in [5, 5.41) is 0. The number of ether oxygens (including phenoxy) is 2. The van der Waals surface area contributed by atoms with E-state index in [1.807, 2.05) is 0 Å². The van der Waals surface area contributed by atoms with E-state index in [1.165, 1.54) is 0 Å². The Hall–Kier alpha value is -1.16. The first kappa shape index (κ1) is 9.40. The molecule has 2 fully saturated rings. The normalized spacial score (nSPS) is 41.8. The maximum Gasteiger partial charge on any atom is 0.347 e. The highest BCUT2D eigenvalue weighted by molar-refractivity contribution is 6.11. The molecule has 0 bridgehead atoms. The van der Waals surface area contributed by atoms with Crippen molar-refractivity contribution in [1.29, 1.82) is 0 Å². The van der Waals surface area contributed by atoms with Gasteiger partial charge in [-0.05, 0) is 6.92 Å². The molecule has 1 spiro atoms. The third-order valence-electron chi connectivity index (χ3n) is 3.09. The van der Waals surface area contributed by atoms with E-state index in [0.29, 0.717) is 0 Å². The fraction of sp³-hybridized carbons (Fsp3) is 0.600. The number of cyclic esters (lactones) is 1. The summed E-state index contributed by atoms with van der Waals surface area (Å²) < 4.78 is 10.2. The van der Waals surface area contributed by atoms with E-state index in [2.05, 4.69) is 6.58 Å². The monoisotopic (exact) mass is 196 g/mol. The molecule has 0 amide bonds. The van der Waals surface area contributed by atoms with Crippen LogP contribution in [-0.2, 0) is 19.1 Å². The van der Waals surface area contributed by atoms with Gasteiger partial charge >= 0.3 is 5.97 Å². The van der Waals surface area contributed by atoms with Crippen LogP contribution in [0, 0.1) is 5.41 Å². The number of hydrogen-bond acceptors (Lipinski definition) is 4. The van der Waals surface area contributed by atoms with Crippen molar-refractivity contribution in [2.75, 3.05) is 13.2 Å². The lowest BCUT2D eigenvalue weighted by Crippen LogP contribution is -2.52. The average Bonchev–Trinajstić information content (AvgIpc) is 2.67. The van der Waals surface area contributed by atoms with Gasteiger partial charge in [0.2, 0.25) is 5.60 Å². The van der Waals surface area contributed by atoms with Crippen LogP contribution in [0.1, 0.15) is 13.3 Å². The number of rotatable bonds is 1. The molecule has 2 heterocycles. The van der Waals surface area contributed by atoms with Gasteiger partial charge in [-0.1, -0.05) is 6.08 Å². The fourth-order valence-electron chi connectivity index (χ4n) is 2.06. The van der Waals surface area contributed by atoms with Gasteiger partial charge in [0, 0.05) is 6.42 Å². The molecule has 4 nitrogen and oxygen atoms in total. The van der Waals surface area contributed by atoms with Crippen LogP contribution in [0.4, 0.5) is 0 Å². The first-order chi connectivity index (χ1) is 6.57. The van der Waals surface area contributed by atoms with Crippen molar-refractivity contribution in [3.05, 3.63) is 12.7 Å². The molecule has 14 heavy (non-hydrogen) atoms. The van der Waals surface area contributed by atoms with Gasteiger partial charge in [-0.25, -0.2) is 4.79 Å². The third-order valence-corrected chi connectivity index (χ3v) is 3.09. The first-order valence-corrected chi connectivity index (χ1v) is 4.55. The molecule has 0 unspecified atom stereocenters. The summed E-state index contributed by atoms with van der Waals surface area (Å²) in [6.45, 7) is 5.85. The Morgan fingerprint density at radius 3 is 2.71 bits per heavy atom. The molecule has 0 aromatic heterocycles. The number of carbonyl (C=O) groups excluding carboxylic acids is 2. The van der Waals surface area contributed by atoms with Crippen molar-refractivity contribution in [3.63, 3.8) is 0 Å². The number of esters is 1. The summed E-state index contributed by atoms with van der Waals surface area (Å²) in [4.78, 5) is 23.3. The van der Waals surface area contributed by atoms with E-state index in [0.717, 1.165) is 0 Å². The van der Waals surface area contributed by atoms with Gasteiger partial charge in [0.05, 0.1) is 12.0 Å². The SMILES string of the molecule is C=C[C@]1(C)COC(=O)[C@]12OCCC2=O. The lowest BCUT2D eigenvalue weighted by Gasteiger charge is -2.30. The predicted octanol–water partition coefficient (Wildman–Crippen LogP) is 0.464. The van der Waals surface area contributed by atoms with Crippen LogP contribution in [0.5, 0.6) is 0 Å². The zero-order valence-corrected chi connectivity index (χ0v) is 8.04. The van der Waals surface area contributed by atoms with Crippen LogP contribution in [0.15, 0.2) is 12.7 Å². The summed E-state index contributed by atoms with van der Waals surface area (Å²) in [5.41, 5.74) is -2.13. The lowest BCUT2D eigenvalue weighted by atomic mass is 9.73. The summed E-state index contributed by atoms with van der Waals surface area (Å²) in [5.74, 6) is -0.759. The number of Topliss-reactive ketones (excluding diaryl/α,β-unsaturated/α-hetero) is 1. The maximum absolute atomic E-state index is 11.7. The van der Waals surface area contributed by atoms with E-state index in [1.54, 1.807) is 13.0 Å². The number of hydrogen-bond donors (Lipinski definition) is 0. The van der Waals surface area contributed by atoms with Crippen molar-refractivity contribution in [3.8, 4) is 0 Å². The second-order valence-corrected chi connectivity index (χ2v) is 3.90. The summed E-state index contributed by atoms with van der Waals surface area (Å²) in [6, 6.07) is 0. The molecule has 0 aliphatic carbocycles. The van der Waals surface area contributed by atoms with Gasteiger partial charge in [-0.3, -0.25) is 4.79 Å². The van der Waals surface area contributed by atoms with Crippen LogP contribution in [-0.4, -0.2) is 30.6 Å². The highest BCUT2D eigenvalue weighted by Crippen LogP contribution is 2.46. The molecular weight excluding hydrogens is 184 g/mol. The van der Waals surface area contributed by atoms with Gasteiger partial charge in [-0.2, -0.15) is 0 Å². The summed E-state index contributed by atoms with van der Waals surface area (Å²) in [6.07, 6.45) is 1.85. The van der Waals surface area contributed by atoms with Crippen LogP contribution < -0.4 is 0 Å². The maximum atomic E-state index is 11.7. The molecule has 0 N–H and O–H groups in total. The Bertz CT molecular complexity index is 312. The molecule has 0 aromatic rings. The quantitative estimate of drug-likeness (QED) is 0.347. The largest absolute Gasteiger partial charge is 0.462 e. The van der Waals surface area contributed by atoms with Crippen molar-refractivity contribution < 1.29 is 19.1 Å². The molecule has 2 atom stereocenters. The minimum Gasteiger partial charge on any atom is -0.462 e. The molecule has 4 heteroatoms. The molecular formula is C10H12O4. The number of carbonyl (C=O) groups is 2. The standard InChI is InChI=1S/C10H12O4/c1-3-9(2)6-13-8(12)10(9)7(11)4-5-14-10/h3H,1,4-6H2,2H3/t9-,10+/m1/s1. The van der Waals surface area contributed by atoms with E-state index < -0.39 is 17.0 Å². The van der Waals surface area contributed by atoms with Crippen LogP contribution in [0.3, 0.4) is 0 Å². The molecule has 0 saturated carbocycles. The molecule has 2 saturated heterocycles. The number of ketones is 1. The molecule has 2 rings (SSSR count). The Labute approximate surface area is 81.9 Å². The fourth-order valence-corrected chi connectivity index (χ4v) is 2.06. The van der Waals surface area contributed by atoms with Gasteiger partial charge < -0.3 is 9.47 Å². The zero-order chi connectivity index (χ0) is 10.4. The molecule has 2 aliphatic heterocycles.